The number of nitrogens with zero attached hydrogens (tertiary/aromatic N) is 1. The number of sulfonamides is 1. The van der Waals surface area contributed by atoms with Gasteiger partial charge in [-0.05, 0) is 48.4 Å². The van der Waals surface area contributed by atoms with Gasteiger partial charge in [-0.3, -0.25) is 0 Å². The van der Waals surface area contributed by atoms with Gasteiger partial charge in [0.15, 0.2) is 0 Å². The molecule has 0 aliphatic heterocycles. The number of fused-ring (bicyclic) bond motifs is 1. The third kappa shape index (κ3) is 3.46. The van der Waals surface area contributed by atoms with Gasteiger partial charge in [0.05, 0.1) is 10.6 Å². The molecule has 4 nitrogen and oxygen atoms in total. The Morgan fingerprint density at radius 2 is 1.58 bits per heavy atom. The molecule has 0 aliphatic carbocycles. The van der Waals surface area contributed by atoms with Gasteiger partial charge in [0.2, 0.25) is 0 Å². The van der Waals surface area contributed by atoms with Crippen molar-refractivity contribution in [1.82, 2.24) is 4.83 Å². The quantitative estimate of drug-likeness (QED) is 0.580. The third-order valence-electron chi connectivity index (χ3n) is 3.83. The molecule has 122 valence electrons. The maximum atomic E-state index is 12.3. The molecule has 0 atom stereocenters. The van der Waals surface area contributed by atoms with Gasteiger partial charge >= 0.3 is 0 Å². The van der Waals surface area contributed by atoms with Gasteiger partial charge in [-0.1, -0.05) is 54.1 Å². The van der Waals surface area contributed by atoms with E-state index in [9.17, 15) is 8.42 Å². The van der Waals surface area contributed by atoms with Crippen LogP contribution in [0.15, 0.2) is 76.7 Å². The minimum atomic E-state index is -3.66. The number of hydrogen-bond acceptors (Lipinski definition) is 3. The molecule has 0 unspecified atom stereocenters. The molecule has 3 aromatic carbocycles. The monoisotopic (exact) mass is 338 g/mol. The largest absolute Gasteiger partial charge is 0.276 e. The average Bonchev–Trinajstić information content (AvgIpc) is 2.59. The van der Waals surface area contributed by atoms with Crippen molar-refractivity contribution in [3.63, 3.8) is 0 Å². The lowest BCUT2D eigenvalue weighted by atomic mass is 10.0. The number of nitrogens with one attached hydrogen (secondary N) is 1. The summed E-state index contributed by atoms with van der Waals surface area (Å²) in [5, 5.41) is 6.27. The van der Waals surface area contributed by atoms with Crippen LogP contribution in [0.3, 0.4) is 0 Å². The minimum absolute atomic E-state index is 0.197. The SMILES string of the molecule is C/C(=N\NS(=O)(=O)c1ccc(C)cc1)c1ccc2ccccc2c1. The molecule has 0 radical (unpaired) electrons. The van der Waals surface area contributed by atoms with Crippen LogP contribution in [0.1, 0.15) is 18.1 Å². The molecule has 3 aromatic rings. The van der Waals surface area contributed by atoms with E-state index in [1.54, 1.807) is 31.2 Å². The molecule has 0 spiro atoms. The summed E-state index contributed by atoms with van der Waals surface area (Å²) in [4.78, 5) is 2.50. The molecule has 5 heteroatoms. The molecule has 0 fully saturated rings. The summed E-state index contributed by atoms with van der Waals surface area (Å²) < 4.78 is 24.5. The van der Waals surface area contributed by atoms with Crippen molar-refractivity contribution in [2.45, 2.75) is 18.7 Å². The van der Waals surface area contributed by atoms with E-state index in [1.807, 2.05) is 49.4 Å². The number of rotatable bonds is 4. The van der Waals surface area contributed by atoms with Crippen molar-refractivity contribution in [2.75, 3.05) is 0 Å². The average molecular weight is 338 g/mol. The van der Waals surface area contributed by atoms with Crippen LogP contribution >= 0.6 is 0 Å². The lowest BCUT2D eigenvalue weighted by Gasteiger charge is -2.07. The Bertz CT molecular complexity index is 1010. The van der Waals surface area contributed by atoms with Crippen molar-refractivity contribution in [1.29, 1.82) is 0 Å². The second-order valence-electron chi connectivity index (χ2n) is 5.67. The van der Waals surface area contributed by atoms with Crippen LogP contribution in [0.5, 0.6) is 0 Å². The first-order valence-electron chi connectivity index (χ1n) is 7.58. The summed E-state index contributed by atoms with van der Waals surface area (Å²) >= 11 is 0. The molecule has 0 heterocycles. The lowest BCUT2D eigenvalue weighted by molar-refractivity contribution is 0.584. The smallest absolute Gasteiger partial charge is 0.200 e. The molecule has 0 aromatic heterocycles. The zero-order valence-electron chi connectivity index (χ0n) is 13.5. The van der Waals surface area contributed by atoms with Crippen molar-refractivity contribution >= 4 is 26.5 Å². The van der Waals surface area contributed by atoms with Crippen LogP contribution in [-0.4, -0.2) is 14.1 Å². The normalized spacial score (nSPS) is 12.3. The number of hydrogen-bond donors (Lipinski definition) is 1. The van der Waals surface area contributed by atoms with Gasteiger partial charge in [0.25, 0.3) is 10.0 Å². The van der Waals surface area contributed by atoms with Crippen molar-refractivity contribution < 1.29 is 8.42 Å². The first-order chi connectivity index (χ1) is 11.5. The van der Waals surface area contributed by atoms with Crippen LogP contribution in [0.4, 0.5) is 0 Å². The minimum Gasteiger partial charge on any atom is -0.200 e. The molecule has 0 saturated heterocycles. The summed E-state index contributed by atoms with van der Waals surface area (Å²) in [6.45, 7) is 3.69. The van der Waals surface area contributed by atoms with Crippen LogP contribution in [0.25, 0.3) is 10.8 Å². The van der Waals surface area contributed by atoms with Crippen molar-refractivity contribution in [3.8, 4) is 0 Å². The Kier molecular flexibility index (Phi) is 4.36. The highest BCUT2D eigenvalue weighted by Crippen LogP contribution is 2.16. The topological polar surface area (TPSA) is 58.5 Å². The lowest BCUT2D eigenvalue weighted by Crippen LogP contribution is -2.19. The highest BCUT2D eigenvalue weighted by atomic mass is 32.2. The fourth-order valence-corrected chi connectivity index (χ4v) is 3.23. The second-order valence-corrected chi connectivity index (χ2v) is 7.33. The third-order valence-corrected chi connectivity index (χ3v) is 5.06. The summed E-state index contributed by atoms with van der Waals surface area (Å²) in [6.07, 6.45) is 0. The summed E-state index contributed by atoms with van der Waals surface area (Å²) in [5.41, 5.74) is 2.49. The van der Waals surface area contributed by atoms with E-state index in [0.717, 1.165) is 21.9 Å². The number of hydrazone groups is 1. The zero-order chi connectivity index (χ0) is 17.2. The van der Waals surface area contributed by atoms with E-state index in [2.05, 4.69) is 9.93 Å². The van der Waals surface area contributed by atoms with E-state index in [1.165, 1.54) is 0 Å². The Labute approximate surface area is 141 Å². The highest BCUT2D eigenvalue weighted by molar-refractivity contribution is 7.89. The van der Waals surface area contributed by atoms with Gasteiger partial charge in [-0.25, -0.2) is 0 Å². The maximum Gasteiger partial charge on any atom is 0.276 e. The van der Waals surface area contributed by atoms with Gasteiger partial charge < -0.3 is 0 Å². The van der Waals surface area contributed by atoms with Gasteiger partial charge in [-0.2, -0.15) is 18.4 Å². The molecule has 3 rings (SSSR count). The molecule has 0 saturated carbocycles. The van der Waals surface area contributed by atoms with E-state index in [4.69, 9.17) is 0 Å². The van der Waals surface area contributed by atoms with Gasteiger partial charge in [0, 0.05) is 0 Å². The standard InChI is InChI=1S/C19H18N2O2S/c1-14-7-11-19(12-8-14)24(22,23)21-20-15(2)17-10-9-16-5-3-4-6-18(16)13-17/h3-13,21H,1-2H3/b20-15+. The summed E-state index contributed by atoms with van der Waals surface area (Å²) in [6, 6.07) is 20.6. The Morgan fingerprint density at radius 3 is 2.29 bits per heavy atom. The Morgan fingerprint density at radius 1 is 0.917 bits per heavy atom. The number of benzene rings is 3. The fourth-order valence-electron chi connectivity index (χ4n) is 2.38. The van der Waals surface area contributed by atoms with Crippen LogP contribution in [0, 0.1) is 6.92 Å². The Balaban J connectivity index is 1.85. The van der Waals surface area contributed by atoms with Crippen LogP contribution in [-0.2, 0) is 10.0 Å². The van der Waals surface area contributed by atoms with Crippen molar-refractivity contribution in [3.05, 3.63) is 77.9 Å². The van der Waals surface area contributed by atoms with E-state index in [-0.39, 0.29) is 4.90 Å². The second kappa shape index (κ2) is 6.45. The number of aryl methyl sites for hydroxylation is 1. The summed E-state index contributed by atoms with van der Waals surface area (Å²) in [5.74, 6) is 0. The van der Waals surface area contributed by atoms with E-state index >= 15 is 0 Å². The molecular weight excluding hydrogens is 320 g/mol. The predicted molar refractivity (Wildman–Crippen MR) is 97.7 cm³/mol. The molecule has 0 bridgehead atoms. The first kappa shape index (κ1) is 16.2. The Hall–Kier alpha value is -2.66. The molecule has 0 aliphatic rings. The van der Waals surface area contributed by atoms with E-state index < -0.39 is 10.0 Å². The maximum absolute atomic E-state index is 12.3. The van der Waals surface area contributed by atoms with Gasteiger partial charge in [-0.15, -0.1) is 0 Å². The predicted octanol–water partition coefficient (Wildman–Crippen LogP) is 3.85. The van der Waals surface area contributed by atoms with Gasteiger partial charge in [0.1, 0.15) is 0 Å². The highest BCUT2D eigenvalue weighted by Gasteiger charge is 2.12. The van der Waals surface area contributed by atoms with Crippen molar-refractivity contribution in [2.24, 2.45) is 5.10 Å². The zero-order valence-corrected chi connectivity index (χ0v) is 14.3. The molecule has 1 N–H and O–H groups in total. The van der Waals surface area contributed by atoms with Crippen LogP contribution in [0.2, 0.25) is 0 Å². The fraction of sp³-hybridized carbons (Fsp3) is 0.105. The molecular formula is C19H18N2O2S. The molecule has 24 heavy (non-hydrogen) atoms. The van der Waals surface area contributed by atoms with Crippen LogP contribution < -0.4 is 4.83 Å². The summed E-state index contributed by atoms with van der Waals surface area (Å²) in [7, 11) is -3.66. The van der Waals surface area contributed by atoms with E-state index in [0.29, 0.717) is 5.71 Å². The molecule has 0 amide bonds. The first-order valence-corrected chi connectivity index (χ1v) is 9.06.